The van der Waals surface area contributed by atoms with Crippen LogP contribution in [0.1, 0.15) is 13.8 Å². The van der Waals surface area contributed by atoms with Crippen LogP contribution in [0, 0.1) is 0 Å². The van der Waals surface area contributed by atoms with Crippen molar-refractivity contribution in [1.29, 1.82) is 0 Å². The van der Waals surface area contributed by atoms with Crippen molar-refractivity contribution in [2.75, 3.05) is 13.2 Å². The van der Waals surface area contributed by atoms with Crippen molar-refractivity contribution in [1.82, 2.24) is 5.32 Å². The molecular formula is C12H18ClNO2. The van der Waals surface area contributed by atoms with Crippen molar-refractivity contribution >= 4 is 11.6 Å². The molecule has 0 saturated carbocycles. The first-order chi connectivity index (χ1) is 7.58. The quantitative estimate of drug-likeness (QED) is 0.804. The predicted molar refractivity (Wildman–Crippen MR) is 66.1 cm³/mol. The van der Waals surface area contributed by atoms with E-state index in [0.717, 1.165) is 0 Å². The lowest BCUT2D eigenvalue weighted by atomic mass is 10.3. The molecule has 0 aliphatic rings. The molecule has 0 heterocycles. The Kier molecular flexibility index (Phi) is 5.60. The molecule has 1 aromatic carbocycles. The Morgan fingerprint density at radius 3 is 2.50 bits per heavy atom. The summed E-state index contributed by atoms with van der Waals surface area (Å²) in [6, 6.07) is 7.45. The molecule has 0 aliphatic carbocycles. The minimum atomic E-state index is -0.502. The molecule has 90 valence electrons. The SMILES string of the molecule is CC(C)NCC(O)COc1ccc(Cl)cc1. The van der Waals surface area contributed by atoms with Crippen LogP contribution in [0.5, 0.6) is 5.75 Å². The summed E-state index contributed by atoms with van der Waals surface area (Å²) < 4.78 is 5.41. The number of rotatable bonds is 6. The van der Waals surface area contributed by atoms with E-state index in [0.29, 0.717) is 23.4 Å². The topological polar surface area (TPSA) is 41.5 Å². The second-order valence-corrected chi connectivity index (χ2v) is 4.42. The fraction of sp³-hybridized carbons (Fsp3) is 0.500. The van der Waals surface area contributed by atoms with E-state index in [9.17, 15) is 5.11 Å². The fourth-order valence-electron chi connectivity index (χ4n) is 1.15. The minimum absolute atomic E-state index is 0.279. The summed E-state index contributed by atoms with van der Waals surface area (Å²) in [5.41, 5.74) is 0. The lowest BCUT2D eigenvalue weighted by Gasteiger charge is -2.14. The molecule has 4 heteroatoms. The van der Waals surface area contributed by atoms with Gasteiger partial charge in [0.1, 0.15) is 18.5 Å². The van der Waals surface area contributed by atoms with E-state index in [1.54, 1.807) is 24.3 Å². The van der Waals surface area contributed by atoms with Gasteiger partial charge in [-0.1, -0.05) is 25.4 Å². The summed E-state index contributed by atoms with van der Waals surface area (Å²) in [7, 11) is 0. The second-order valence-electron chi connectivity index (χ2n) is 3.98. The first-order valence-corrected chi connectivity index (χ1v) is 5.75. The van der Waals surface area contributed by atoms with E-state index >= 15 is 0 Å². The van der Waals surface area contributed by atoms with Crippen LogP contribution < -0.4 is 10.1 Å². The van der Waals surface area contributed by atoms with Crippen LogP contribution in [0.3, 0.4) is 0 Å². The average Bonchev–Trinajstić information content (AvgIpc) is 2.25. The van der Waals surface area contributed by atoms with Gasteiger partial charge in [-0.05, 0) is 24.3 Å². The van der Waals surface area contributed by atoms with Gasteiger partial charge in [-0.15, -0.1) is 0 Å². The molecule has 0 spiro atoms. The van der Waals surface area contributed by atoms with Gasteiger partial charge in [0.15, 0.2) is 0 Å². The van der Waals surface area contributed by atoms with Crippen molar-refractivity contribution in [3.05, 3.63) is 29.3 Å². The fourth-order valence-corrected chi connectivity index (χ4v) is 1.28. The molecule has 0 bridgehead atoms. The number of aliphatic hydroxyl groups is 1. The van der Waals surface area contributed by atoms with Crippen molar-refractivity contribution in [2.45, 2.75) is 26.0 Å². The number of aliphatic hydroxyl groups excluding tert-OH is 1. The predicted octanol–water partition coefficient (Wildman–Crippen LogP) is 2.08. The highest BCUT2D eigenvalue weighted by atomic mass is 35.5. The first-order valence-electron chi connectivity index (χ1n) is 5.37. The van der Waals surface area contributed by atoms with Gasteiger partial charge in [0.05, 0.1) is 0 Å². The molecule has 0 aliphatic heterocycles. The van der Waals surface area contributed by atoms with Gasteiger partial charge in [-0.25, -0.2) is 0 Å². The molecule has 0 amide bonds. The highest BCUT2D eigenvalue weighted by Crippen LogP contribution is 2.15. The molecule has 0 saturated heterocycles. The van der Waals surface area contributed by atoms with Crippen molar-refractivity contribution in [2.24, 2.45) is 0 Å². The second kappa shape index (κ2) is 6.74. The maximum atomic E-state index is 9.60. The summed E-state index contributed by atoms with van der Waals surface area (Å²) in [5, 5.41) is 13.4. The number of hydrogen-bond donors (Lipinski definition) is 2. The molecule has 0 radical (unpaired) electrons. The summed E-state index contributed by atoms with van der Waals surface area (Å²) in [5.74, 6) is 0.716. The lowest BCUT2D eigenvalue weighted by Crippen LogP contribution is -2.35. The van der Waals surface area contributed by atoms with Gasteiger partial charge >= 0.3 is 0 Å². The molecule has 3 nitrogen and oxygen atoms in total. The van der Waals surface area contributed by atoms with Crippen LogP contribution >= 0.6 is 11.6 Å². The molecular weight excluding hydrogens is 226 g/mol. The third-order valence-electron chi connectivity index (χ3n) is 2.02. The van der Waals surface area contributed by atoms with Gasteiger partial charge in [0, 0.05) is 17.6 Å². The molecule has 1 aromatic rings. The largest absolute Gasteiger partial charge is 0.491 e. The molecule has 0 aromatic heterocycles. The molecule has 1 rings (SSSR count). The third-order valence-corrected chi connectivity index (χ3v) is 2.27. The number of nitrogens with one attached hydrogen (secondary N) is 1. The van der Waals surface area contributed by atoms with E-state index in [1.165, 1.54) is 0 Å². The summed E-state index contributed by atoms with van der Waals surface area (Å²) in [6.45, 7) is 4.88. The highest BCUT2D eigenvalue weighted by molar-refractivity contribution is 6.30. The molecule has 1 unspecified atom stereocenters. The Labute approximate surface area is 101 Å². The van der Waals surface area contributed by atoms with Crippen molar-refractivity contribution in [3.8, 4) is 5.75 Å². The van der Waals surface area contributed by atoms with E-state index in [4.69, 9.17) is 16.3 Å². The van der Waals surface area contributed by atoms with Crippen LogP contribution in [0.15, 0.2) is 24.3 Å². The Morgan fingerprint density at radius 1 is 1.31 bits per heavy atom. The Hall–Kier alpha value is -0.770. The van der Waals surface area contributed by atoms with E-state index in [1.807, 2.05) is 13.8 Å². The van der Waals surface area contributed by atoms with Gasteiger partial charge in [-0.2, -0.15) is 0 Å². The average molecular weight is 244 g/mol. The Bertz CT molecular complexity index is 300. The Morgan fingerprint density at radius 2 is 1.94 bits per heavy atom. The van der Waals surface area contributed by atoms with Crippen molar-refractivity contribution in [3.63, 3.8) is 0 Å². The zero-order valence-electron chi connectivity index (χ0n) is 9.61. The Balaban J connectivity index is 2.26. The monoisotopic (exact) mass is 243 g/mol. The molecule has 16 heavy (non-hydrogen) atoms. The summed E-state index contributed by atoms with van der Waals surface area (Å²) in [4.78, 5) is 0. The van der Waals surface area contributed by atoms with Crippen LogP contribution in [0.25, 0.3) is 0 Å². The maximum absolute atomic E-state index is 9.60. The number of benzene rings is 1. The van der Waals surface area contributed by atoms with Gasteiger partial charge in [0.25, 0.3) is 0 Å². The van der Waals surface area contributed by atoms with E-state index in [-0.39, 0.29) is 6.61 Å². The molecule has 1 atom stereocenters. The standard InChI is InChI=1S/C12H18ClNO2/c1-9(2)14-7-11(15)8-16-12-5-3-10(13)4-6-12/h3-6,9,11,14-15H,7-8H2,1-2H3. The van der Waals surface area contributed by atoms with Crippen molar-refractivity contribution < 1.29 is 9.84 Å². The number of halogens is 1. The van der Waals surface area contributed by atoms with Crippen LogP contribution in [0.4, 0.5) is 0 Å². The number of ether oxygens (including phenoxy) is 1. The summed E-state index contributed by atoms with van der Waals surface area (Å²) in [6.07, 6.45) is -0.502. The summed E-state index contributed by atoms with van der Waals surface area (Å²) >= 11 is 5.74. The van der Waals surface area contributed by atoms with Crippen LogP contribution in [-0.4, -0.2) is 30.4 Å². The first kappa shape index (κ1) is 13.3. The zero-order chi connectivity index (χ0) is 12.0. The highest BCUT2D eigenvalue weighted by Gasteiger charge is 2.05. The number of hydrogen-bond acceptors (Lipinski definition) is 3. The molecule has 0 fully saturated rings. The molecule has 2 N–H and O–H groups in total. The minimum Gasteiger partial charge on any atom is -0.491 e. The van der Waals surface area contributed by atoms with Gasteiger partial charge < -0.3 is 15.2 Å². The van der Waals surface area contributed by atoms with Gasteiger partial charge in [-0.3, -0.25) is 0 Å². The van der Waals surface area contributed by atoms with Crippen LogP contribution in [-0.2, 0) is 0 Å². The third kappa shape index (κ3) is 5.35. The maximum Gasteiger partial charge on any atom is 0.119 e. The normalized spacial score (nSPS) is 12.8. The van der Waals surface area contributed by atoms with E-state index < -0.39 is 6.10 Å². The van der Waals surface area contributed by atoms with Crippen LogP contribution in [0.2, 0.25) is 5.02 Å². The zero-order valence-corrected chi connectivity index (χ0v) is 10.4. The van der Waals surface area contributed by atoms with E-state index in [2.05, 4.69) is 5.32 Å². The van der Waals surface area contributed by atoms with Gasteiger partial charge in [0.2, 0.25) is 0 Å². The lowest BCUT2D eigenvalue weighted by molar-refractivity contribution is 0.104. The smallest absolute Gasteiger partial charge is 0.119 e.